The summed E-state index contributed by atoms with van der Waals surface area (Å²) in [7, 11) is 0. The van der Waals surface area contributed by atoms with Crippen LogP contribution in [0.4, 0.5) is 0 Å². The topological polar surface area (TPSA) is 56.7 Å². The van der Waals surface area contributed by atoms with E-state index in [9.17, 15) is 0 Å². The van der Waals surface area contributed by atoms with Crippen LogP contribution < -0.4 is 0 Å². The second-order valence-corrected chi connectivity index (χ2v) is 7.38. The third-order valence-corrected chi connectivity index (χ3v) is 5.51. The standard InChI is InChI=1S/C27H17N4O.Ir/c1-3-9-19(10-4-1)21-13-7-14-22(20-11-5-2-6-12-20)25(21)31-17-29-30-27(31)23-15-8-16-24-26(23)32-18-28-24;/h1-14,16-18H;/q-1;. The summed E-state index contributed by atoms with van der Waals surface area (Å²) in [6, 6.07) is 34.0. The molecule has 0 N–H and O–H groups in total. The molecule has 161 valence electrons. The Morgan fingerprint density at radius 2 is 1.42 bits per heavy atom. The molecule has 4 aromatic carbocycles. The van der Waals surface area contributed by atoms with Gasteiger partial charge in [0.2, 0.25) is 0 Å². The molecule has 5 nitrogen and oxygen atoms in total. The van der Waals surface area contributed by atoms with E-state index in [1.807, 2.05) is 53.1 Å². The Morgan fingerprint density at radius 1 is 0.758 bits per heavy atom. The fourth-order valence-corrected chi connectivity index (χ4v) is 4.07. The van der Waals surface area contributed by atoms with Gasteiger partial charge < -0.3 is 8.98 Å². The summed E-state index contributed by atoms with van der Waals surface area (Å²) in [5, 5.41) is 8.72. The summed E-state index contributed by atoms with van der Waals surface area (Å²) in [6.45, 7) is 0. The molecule has 0 aliphatic carbocycles. The van der Waals surface area contributed by atoms with Crippen molar-refractivity contribution in [2.24, 2.45) is 0 Å². The van der Waals surface area contributed by atoms with Gasteiger partial charge in [-0.2, -0.15) is 5.10 Å². The van der Waals surface area contributed by atoms with E-state index in [-0.39, 0.29) is 20.1 Å². The Labute approximate surface area is 204 Å². The van der Waals surface area contributed by atoms with Crippen molar-refractivity contribution in [1.82, 2.24) is 19.7 Å². The van der Waals surface area contributed by atoms with Crippen LogP contribution in [0.1, 0.15) is 0 Å². The number of hydrogen-bond acceptors (Lipinski definition) is 4. The van der Waals surface area contributed by atoms with E-state index in [0.29, 0.717) is 11.4 Å². The van der Waals surface area contributed by atoms with Crippen molar-refractivity contribution in [3.63, 3.8) is 0 Å². The molecule has 0 spiro atoms. The normalized spacial score (nSPS) is 10.8. The zero-order chi connectivity index (χ0) is 21.3. The van der Waals surface area contributed by atoms with Gasteiger partial charge in [-0.1, -0.05) is 84.4 Å². The molecule has 33 heavy (non-hydrogen) atoms. The first kappa shape index (κ1) is 21.0. The van der Waals surface area contributed by atoms with E-state index in [1.54, 1.807) is 6.33 Å². The molecule has 0 aliphatic rings. The number of aromatic nitrogens is 4. The fourth-order valence-electron chi connectivity index (χ4n) is 4.07. The van der Waals surface area contributed by atoms with Gasteiger partial charge in [0.05, 0.1) is 17.1 Å². The number of hydrogen-bond donors (Lipinski definition) is 0. The Bertz CT molecular complexity index is 1470. The average Bonchev–Trinajstić information content (AvgIpc) is 3.54. The average molecular weight is 606 g/mol. The maximum absolute atomic E-state index is 5.67. The molecule has 6 aromatic rings. The minimum absolute atomic E-state index is 0. The number of rotatable bonds is 4. The monoisotopic (exact) mass is 606 g/mol. The van der Waals surface area contributed by atoms with Crippen LogP contribution in [0.2, 0.25) is 0 Å². The fraction of sp³-hybridized carbons (Fsp3) is 0. The van der Waals surface area contributed by atoms with Crippen LogP contribution in [0.15, 0.2) is 108 Å². The van der Waals surface area contributed by atoms with Crippen molar-refractivity contribution < 1.29 is 24.5 Å². The van der Waals surface area contributed by atoms with E-state index in [0.717, 1.165) is 39.0 Å². The van der Waals surface area contributed by atoms with E-state index in [2.05, 4.69) is 63.7 Å². The van der Waals surface area contributed by atoms with Gasteiger partial charge in [-0.05, 0) is 11.1 Å². The number of nitrogens with zero attached hydrogens (tertiary/aromatic N) is 4. The van der Waals surface area contributed by atoms with Gasteiger partial charge >= 0.3 is 0 Å². The van der Waals surface area contributed by atoms with Gasteiger partial charge in [-0.3, -0.25) is 0 Å². The first-order chi connectivity index (χ1) is 15.9. The summed E-state index contributed by atoms with van der Waals surface area (Å²) in [5.74, 6) is 0.646. The van der Waals surface area contributed by atoms with Crippen LogP contribution in [-0.4, -0.2) is 19.7 Å². The maximum atomic E-state index is 5.67. The van der Waals surface area contributed by atoms with E-state index < -0.39 is 0 Å². The summed E-state index contributed by atoms with van der Waals surface area (Å²) in [4.78, 5) is 4.28. The Balaban J connectivity index is 0.00000228. The van der Waals surface area contributed by atoms with Gasteiger partial charge in [0, 0.05) is 36.7 Å². The molecule has 2 aromatic heterocycles. The molecule has 0 fully saturated rings. The molecule has 0 saturated carbocycles. The smallest absolute Gasteiger partial charge is 0.169 e. The SMILES string of the molecule is [Ir].[c-]1ccc2ncoc2c1-c1nncn1-c1c(-c2ccccc2)cccc1-c1ccccc1. The van der Waals surface area contributed by atoms with Gasteiger partial charge in [-0.15, -0.1) is 23.3 Å². The Kier molecular flexibility index (Phi) is 5.69. The number of fused-ring (bicyclic) bond motifs is 1. The third kappa shape index (κ3) is 3.69. The molecule has 0 amide bonds. The second kappa shape index (κ2) is 8.94. The van der Waals surface area contributed by atoms with Crippen LogP contribution >= 0.6 is 0 Å². The molecule has 0 aliphatic heterocycles. The maximum Gasteiger partial charge on any atom is 0.169 e. The zero-order valence-corrected chi connectivity index (χ0v) is 19.7. The summed E-state index contributed by atoms with van der Waals surface area (Å²) >= 11 is 0. The van der Waals surface area contributed by atoms with E-state index in [1.165, 1.54) is 6.39 Å². The van der Waals surface area contributed by atoms with Crippen molar-refractivity contribution in [3.8, 4) is 39.3 Å². The van der Waals surface area contributed by atoms with Crippen LogP contribution in [0.25, 0.3) is 50.4 Å². The first-order valence-electron chi connectivity index (χ1n) is 10.3. The molecule has 6 heteroatoms. The molecular weight excluding hydrogens is 589 g/mol. The van der Waals surface area contributed by atoms with Crippen LogP contribution in [-0.2, 0) is 20.1 Å². The minimum Gasteiger partial charge on any atom is -0.490 e. The predicted molar refractivity (Wildman–Crippen MR) is 124 cm³/mol. The largest absolute Gasteiger partial charge is 0.490 e. The van der Waals surface area contributed by atoms with Gasteiger partial charge in [0.25, 0.3) is 0 Å². The van der Waals surface area contributed by atoms with Crippen molar-refractivity contribution in [2.45, 2.75) is 0 Å². The minimum atomic E-state index is 0. The summed E-state index contributed by atoms with van der Waals surface area (Å²) < 4.78 is 7.68. The van der Waals surface area contributed by atoms with Crippen molar-refractivity contribution >= 4 is 11.1 Å². The van der Waals surface area contributed by atoms with Crippen molar-refractivity contribution in [2.75, 3.05) is 0 Å². The quantitative estimate of drug-likeness (QED) is 0.225. The van der Waals surface area contributed by atoms with Gasteiger partial charge in [-0.25, -0.2) is 4.98 Å². The molecule has 2 heterocycles. The second-order valence-electron chi connectivity index (χ2n) is 7.38. The Hall–Kier alpha value is -3.86. The van der Waals surface area contributed by atoms with Gasteiger partial charge in [0.1, 0.15) is 6.33 Å². The molecule has 0 atom stereocenters. The van der Waals surface area contributed by atoms with E-state index in [4.69, 9.17) is 4.42 Å². The summed E-state index contributed by atoms with van der Waals surface area (Å²) in [6.07, 6.45) is 3.18. The first-order valence-corrected chi connectivity index (χ1v) is 10.3. The predicted octanol–water partition coefficient (Wildman–Crippen LogP) is 6.21. The van der Waals surface area contributed by atoms with Crippen molar-refractivity contribution in [1.29, 1.82) is 0 Å². The molecule has 0 unspecified atom stereocenters. The molecule has 1 radical (unpaired) electrons. The number of oxazole rings is 1. The Morgan fingerprint density at radius 3 is 2.09 bits per heavy atom. The van der Waals surface area contributed by atoms with E-state index >= 15 is 0 Å². The number of benzene rings is 4. The van der Waals surface area contributed by atoms with Crippen LogP contribution in [0.5, 0.6) is 0 Å². The third-order valence-electron chi connectivity index (χ3n) is 5.51. The summed E-state index contributed by atoms with van der Waals surface area (Å²) in [5.41, 5.74) is 7.50. The zero-order valence-electron chi connectivity index (χ0n) is 17.3. The molecular formula is C27H17IrN4O-. The van der Waals surface area contributed by atoms with Gasteiger partial charge in [0.15, 0.2) is 6.39 Å². The molecule has 0 bridgehead atoms. The molecule has 6 rings (SSSR count). The molecule has 0 saturated heterocycles. The van der Waals surface area contributed by atoms with Crippen molar-refractivity contribution in [3.05, 3.63) is 110 Å². The van der Waals surface area contributed by atoms with Crippen LogP contribution in [0, 0.1) is 6.07 Å². The number of para-hydroxylation sites is 1. The van der Waals surface area contributed by atoms with Crippen LogP contribution in [0.3, 0.4) is 0 Å².